The Morgan fingerprint density at radius 1 is 0.629 bits per heavy atom. The van der Waals surface area contributed by atoms with E-state index >= 15 is 0 Å². The Bertz CT molecular complexity index is 1530. The molecule has 0 atom stereocenters. The lowest BCUT2D eigenvalue weighted by Crippen LogP contribution is -2.04. The first kappa shape index (κ1) is 23.1. The quantitative estimate of drug-likeness (QED) is 0.242. The Labute approximate surface area is 208 Å². The van der Waals surface area contributed by atoms with Crippen molar-refractivity contribution < 1.29 is 17.6 Å². The van der Waals surface area contributed by atoms with Crippen molar-refractivity contribution in [2.45, 2.75) is 6.18 Å². The topological polar surface area (TPSA) is 38.9 Å². The maximum atomic E-state index is 13.2. The molecule has 0 saturated carbocycles. The van der Waals surface area contributed by atoms with Gasteiger partial charge in [-0.15, -0.1) is 10.2 Å². The van der Waals surface area contributed by atoms with Gasteiger partial charge in [0.05, 0.1) is 21.3 Å². The van der Waals surface area contributed by atoms with Crippen LogP contribution in [0.4, 0.5) is 13.2 Å². The highest BCUT2D eigenvalue weighted by Crippen LogP contribution is 2.39. The van der Waals surface area contributed by atoms with Crippen molar-refractivity contribution in [2.24, 2.45) is 0 Å². The second kappa shape index (κ2) is 9.21. The van der Waals surface area contributed by atoms with E-state index in [1.165, 1.54) is 6.07 Å². The Morgan fingerprint density at radius 3 is 1.97 bits per heavy atom. The molecule has 0 aliphatic carbocycles. The number of nitrogens with zero attached hydrogens (tertiary/aromatic N) is 2. The molecule has 0 aliphatic heterocycles. The fourth-order valence-electron chi connectivity index (χ4n) is 3.72. The number of rotatable bonds is 4. The molecule has 5 aromatic rings. The molecule has 2 aromatic heterocycles. The molecular weight excluding hydrogens is 496 g/mol. The number of benzene rings is 3. The van der Waals surface area contributed by atoms with Crippen LogP contribution in [0.5, 0.6) is 0 Å². The van der Waals surface area contributed by atoms with Crippen LogP contribution in [-0.2, 0) is 6.18 Å². The zero-order chi connectivity index (χ0) is 24.6. The highest BCUT2D eigenvalue weighted by molar-refractivity contribution is 6.33. The van der Waals surface area contributed by atoms with Crippen molar-refractivity contribution >= 4 is 23.2 Å². The Morgan fingerprint density at radius 2 is 1.29 bits per heavy atom. The van der Waals surface area contributed by atoms with Gasteiger partial charge in [-0.05, 0) is 42.5 Å². The van der Waals surface area contributed by atoms with E-state index < -0.39 is 11.7 Å². The van der Waals surface area contributed by atoms with E-state index in [-0.39, 0.29) is 5.76 Å². The van der Waals surface area contributed by atoms with Crippen LogP contribution >= 0.6 is 23.2 Å². The summed E-state index contributed by atoms with van der Waals surface area (Å²) in [7, 11) is 0. The van der Waals surface area contributed by atoms with Crippen molar-refractivity contribution in [1.82, 2.24) is 10.2 Å². The summed E-state index contributed by atoms with van der Waals surface area (Å²) in [5.41, 5.74) is 2.42. The highest BCUT2D eigenvalue weighted by Gasteiger charge is 2.30. The Balaban J connectivity index is 1.66. The van der Waals surface area contributed by atoms with Crippen LogP contribution in [0, 0.1) is 0 Å². The van der Waals surface area contributed by atoms with Gasteiger partial charge >= 0.3 is 6.18 Å². The minimum Gasteiger partial charge on any atom is -0.456 e. The van der Waals surface area contributed by atoms with Crippen molar-refractivity contribution in [1.29, 1.82) is 0 Å². The van der Waals surface area contributed by atoms with E-state index in [1.807, 2.05) is 30.3 Å². The molecule has 3 aromatic carbocycles. The second-order valence-electron chi connectivity index (χ2n) is 7.69. The van der Waals surface area contributed by atoms with E-state index in [4.69, 9.17) is 27.6 Å². The van der Waals surface area contributed by atoms with Gasteiger partial charge < -0.3 is 4.42 Å². The number of hydrogen-bond acceptors (Lipinski definition) is 3. The maximum Gasteiger partial charge on any atom is 0.416 e. The lowest BCUT2D eigenvalue weighted by molar-refractivity contribution is -0.137. The molecule has 0 fully saturated rings. The molecule has 0 bridgehead atoms. The summed E-state index contributed by atoms with van der Waals surface area (Å²) >= 11 is 12.8. The molecule has 35 heavy (non-hydrogen) atoms. The van der Waals surface area contributed by atoms with Crippen LogP contribution in [0.25, 0.3) is 45.2 Å². The second-order valence-corrected chi connectivity index (χ2v) is 8.51. The summed E-state index contributed by atoms with van der Waals surface area (Å²) in [6.45, 7) is 0. The summed E-state index contributed by atoms with van der Waals surface area (Å²) in [4.78, 5) is 0. The smallest absolute Gasteiger partial charge is 0.416 e. The summed E-state index contributed by atoms with van der Waals surface area (Å²) < 4.78 is 45.6. The fourth-order valence-corrected chi connectivity index (χ4v) is 4.18. The number of furan rings is 1. The van der Waals surface area contributed by atoms with E-state index in [2.05, 4.69) is 10.2 Å². The first-order valence-corrected chi connectivity index (χ1v) is 11.2. The molecule has 2 heterocycles. The highest BCUT2D eigenvalue weighted by atomic mass is 35.5. The monoisotopic (exact) mass is 510 g/mol. The molecule has 0 amide bonds. The predicted molar refractivity (Wildman–Crippen MR) is 131 cm³/mol. The van der Waals surface area contributed by atoms with Crippen molar-refractivity contribution in [3.05, 3.63) is 107 Å². The molecule has 3 nitrogen and oxygen atoms in total. The van der Waals surface area contributed by atoms with Gasteiger partial charge in [0.15, 0.2) is 0 Å². The van der Waals surface area contributed by atoms with Gasteiger partial charge in [0.25, 0.3) is 0 Å². The Hall–Kier alpha value is -3.61. The minimum atomic E-state index is -4.46. The number of alkyl halides is 3. The largest absolute Gasteiger partial charge is 0.456 e. The van der Waals surface area contributed by atoms with Crippen LogP contribution in [-0.4, -0.2) is 10.2 Å². The van der Waals surface area contributed by atoms with Gasteiger partial charge in [0, 0.05) is 22.3 Å². The van der Waals surface area contributed by atoms with E-state index in [0.29, 0.717) is 49.4 Å². The standard InChI is InChI=1S/C27H15Cl2F3N2O/c28-21-10-3-1-8-18(21)23-15-20(26(34-33-23)19-9-2-4-11-22(19)29)25-13-12-24(35-25)16-6-5-7-17(14-16)27(30,31)32/h1-15H. The lowest BCUT2D eigenvalue weighted by atomic mass is 10.0. The average molecular weight is 511 g/mol. The molecular formula is C27H15Cl2F3N2O. The maximum absolute atomic E-state index is 13.2. The molecule has 0 N–H and O–H groups in total. The summed E-state index contributed by atoms with van der Waals surface area (Å²) in [5.74, 6) is 0.683. The number of halogens is 5. The van der Waals surface area contributed by atoms with Crippen LogP contribution in [0.2, 0.25) is 10.0 Å². The molecule has 0 aliphatic rings. The SMILES string of the molecule is FC(F)(F)c1cccc(-c2ccc(-c3cc(-c4ccccc4Cl)nnc3-c3ccccc3Cl)o2)c1. The summed E-state index contributed by atoms with van der Waals surface area (Å²) in [6, 6.07) is 24.5. The molecule has 0 unspecified atom stereocenters. The van der Waals surface area contributed by atoms with Gasteiger partial charge in [0.2, 0.25) is 0 Å². The third kappa shape index (κ3) is 4.67. The van der Waals surface area contributed by atoms with Crippen molar-refractivity contribution in [3.63, 3.8) is 0 Å². The summed E-state index contributed by atoms with van der Waals surface area (Å²) in [5, 5.41) is 9.76. The van der Waals surface area contributed by atoms with E-state index in [1.54, 1.807) is 42.5 Å². The van der Waals surface area contributed by atoms with Gasteiger partial charge in [0.1, 0.15) is 17.2 Å². The van der Waals surface area contributed by atoms with Gasteiger partial charge in [-0.2, -0.15) is 13.2 Å². The van der Waals surface area contributed by atoms with Crippen LogP contribution < -0.4 is 0 Å². The lowest BCUT2D eigenvalue weighted by Gasteiger charge is -2.11. The first-order valence-electron chi connectivity index (χ1n) is 10.5. The molecule has 0 spiro atoms. The molecule has 5 rings (SSSR count). The van der Waals surface area contributed by atoms with Crippen molar-refractivity contribution in [3.8, 4) is 45.2 Å². The van der Waals surface area contributed by atoms with Gasteiger partial charge in [-0.1, -0.05) is 71.7 Å². The third-order valence-corrected chi connectivity index (χ3v) is 6.08. The minimum absolute atomic E-state index is 0.285. The summed E-state index contributed by atoms with van der Waals surface area (Å²) in [6.07, 6.45) is -4.46. The zero-order valence-electron chi connectivity index (χ0n) is 17.9. The molecule has 0 radical (unpaired) electrons. The van der Waals surface area contributed by atoms with Crippen molar-refractivity contribution in [2.75, 3.05) is 0 Å². The van der Waals surface area contributed by atoms with E-state index in [0.717, 1.165) is 12.1 Å². The molecule has 8 heteroatoms. The first-order chi connectivity index (χ1) is 16.8. The molecule has 174 valence electrons. The van der Waals surface area contributed by atoms with Crippen LogP contribution in [0.3, 0.4) is 0 Å². The normalized spacial score (nSPS) is 11.6. The fraction of sp³-hybridized carbons (Fsp3) is 0.0370. The van der Waals surface area contributed by atoms with E-state index in [9.17, 15) is 13.2 Å². The molecule has 0 saturated heterocycles. The van der Waals surface area contributed by atoms with Gasteiger partial charge in [-0.3, -0.25) is 0 Å². The number of aromatic nitrogens is 2. The number of hydrogen-bond donors (Lipinski definition) is 0. The van der Waals surface area contributed by atoms with Crippen LogP contribution in [0.1, 0.15) is 5.56 Å². The average Bonchev–Trinajstić information content (AvgIpc) is 3.34. The Kier molecular flexibility index (Phi) is 6.09. The third-order valence-electron chi connectivity index (χ3n) is 5.42. The predicted octanol–water partition coefficient (Wildman–Crippen LogP) is 9.06. The zero-order valence-corrected chi connectivity index (χ0v) is 19.4. The van der Waals surface area contributed by atoms with Gasteiger partial charge in [-0.25, -0.2) is 0 Å². The van der Waals surface area contributed by atoms with Crippen LogP contribution in [0.15, 0.2) is 95.4 Å².